The minimum absolute atomic E-state index is 0.136. The molecule has 1 aliphatic rings. The van der Waals surface area contributed by atoms with Crippen LogP contribution in [0.4, 0.5) is 0 Å². The molecule has 2 N–H and O–H groups in total. The second-order valence-corrected chi connectivity index (χ2v) is 6.03. The van der Waals surface area contributed by atoms with E-state index in [1.165, 1.54) is 0 Å². The molecule has 0 fully saturated rings. The fourth-order valence-corrected chi connectivity index (χ4v) is 2.61. The molecule has 1 aromatic carbocycles. The number of aliphatic carboxylic acids is 1. The Morgan fingerprint density at radius 1 is 1.22 bits per heavy atom. The number of pyridine rings is 1. The highest BCUT2D eigenvalue weighted by molar-refractivity contribution is 5.87. The molecule has 3 rings (SSSR count). The van der Waals surface area contributed by atoms with Crippen LogP contribution in [0.25, 0.3) is 5.76 Å². The lowest BCUT2D eigenvalue weighted by atomic mass is 10.2. The second kappa shape index (κ2) is 8.95. The van der Waals surface area contributed by atoms with Gasteiger partial charge in [0.05, 0.1) is 13.2 Å². The zero-order chi connectivity index (χ0) is 19.1. The Hall–Kier alpha value is -3.19. The number of nitrogens with zero attached hydrogens (tertiary/aromatic N) is 1. The van der Waals surface area contributed by atoms with Crippen LogP contribution in [-0.2, 0) is 25.7 Å². The molecule has 1 aromatic heterocycles. The monoisotopic (exact) mass is 368 g/mol. The number of carbonyl (C=O) groups excluding carboxylic acids is 1. The van der Waals surface area contributed by atoms with Gasteiger partial charge < -0.3 is 19.9 Å². The van der Waals surface area contributed by atoms with E-state index in [4.69, 9.17) is 9.47 Å². The number of ether oxygens (including phenoxy) is 2. The molecule has 2 atom stereocenters. The predicted molar refractivity (Wildman–Crippen MR) is 97.4 cm³/mol. The molecule has 0 bridgehead atoms. The summed E-state index contributed by atoms with van der Waals surface area (Å²) in [6, 6.07) is 13.6. The van der Waals surface area contributed by atoms with Gasteiger partial charge in [0.15, 0.2) is 12.1 Å². The molecule has 2 aromatic rings. The van der Waals surface area contributed by atoms with Gasteiger partial charge in [-0.2, -0.15) is 0 Å². The molecule has 0 saturated carbocycles. The Balaban J connectivity index is 1.50. The highest BCUT2D eigenvalue weighted by Gasteiger charge is 2.30. The van der Waals surface area contributed by atoms with Crippen molar-refractivity contribution < 1.29 is 24.2 Å². The van der Waals surface area contributed by atoms with Gasteiger partial charge in [-0.3, -0.25) is 9.78 Å². The van der Waals surface area contributed by atoms with Crippen LogP contribution in [0.15, 0.2) is 60.8 Å². The van der Waals surface area contributed by atoms with E-state index in [0.29, 0.717) is 17.9 Å². The third-order valence-electron chi connectivity index (χ3n) is 4.01. The van der Waals surface area contributed by atoms with Crippen LogP contribution in [0.1, 0.15) is 17.7 Å². The molecule has 7 heteroatoms. The topological polar surface area (TPSA) is 97.8 Å². The third kappa shape index (κ3) is 5.15. The number of rotatable bonds is 8. The maximum absolute atomic E-state index is 12.4. The lowest BCUT2D eigenvalue weighted by Gasteiger charge is -2.18. The molecular formula is C20H20N2O5. The first-order valence-corrected chi connectivity index (χ1v) is 8.56. The number of carboxylic acid groups (broad SMARTS) is 1. The molecule has 0 saturated heterocycles. The standard InChI is InChI=1S/C20H20N2O5/c23-19(18-10-9-17(27-18)15-8-4-5-11-21-15)22-16(20(24)25)13-26-12-14-6-2-1-3-7-14/h1-9,11,16,18H,10,12-13H2,(H,22,23)(H,24,25). The van der Waals surface area contributed by atoms with Crippen LogP contribution in [0, 0.1) is 0 Å². The maximum Gasteiger partial charge on any atom is 0.328 e. The highest BCUT2D eigenvalue weighted by atomic mass is 16.5. The lowest BCUT2D eigenvalue weighted by Crippen LogP contribution is -2.47. The van der Waals surface area contributed by atoms with Crippen LogP contribution >= 0.6 is 0 Å². The molecule has 1 amide bonds. The van der Waals surface area contributed by atoms with E-state index in [9.17, 15) is 14.7 Å². The molecular weight excluding hydrogens is 348 g/mol. The zero-order valence-corrected chi connectivity index (χ0v) is 14.6. The van der Waals surface area contributed by atoms with E-state index in [-0.39, 0.29) is 13.2 Å². The summed E-state index contributed by atoms with van der Waals surface area (Å²) < 4.78 is 11.1. The SMILES string of the molecule is O=C(O)C(COCc1ccccc1)NC(=O)C1CC=C(c2ccccn2)O1. The average Bonchev–Trinajstić information content (AvgIpc) is 3.19. The van der Waals surface area contributed by atoms with Gasteiger partial charge in [0.1, 0.15) is 11.5 Å². The fourth-order valence-electron chi connectivity index (χ4n) is 2.61. The number of carbonyl (C=O) groups is 2. The quantitative estimate of drug-likeness (QED) is 0.740. The third-order valence-corrected chi connectivity index (χ3v) is 4.01. The number of hydrogen-bond donors (Lipinski definition) is 2. The van der Waals surface area contributed by atoms with Crippen molar-refractivity contribution in [2.24, 2.45) is 0 Å². The maximum atomic E-state index is 12.4. The minimum atomic E-state index is -1.16. The molecule has 1 aliphatic heterocycles. The first kappa shape index (κ1) is 18.6. The summed E-state index contributed by atoms with van der Waals surface area (Å²) in [5.74, 6) is -1.14. The Morgan fingerprint density at radius 3 is 2.70 bits per heavy atom. The molecule has 2 heterocycles. The number of aromatic nitrogens is 1. The summed E-state index contributed by atoms with van der Waals surface area (Å²) in [4.78, 5) is 28.0. The van der Waals surface area contributed by atoms with Crippen molar-refractivity contribution in [2.75, 3.05) is 6.61 Å². The minimum Gasteiger partial charge on any atom is -0.480 e. The Kier molecular flexibility index (Phi) is 6.17. The molecule has 7 nitrogen and oxygen atoms in total. The summed E-state index contributed by atoms with van der Waals surface area (Å²) in [6.07, 6.45) is 2.98. The van der Waals surface area contributed by atoms with E-state index >= 15 is 0 Å². The summed E-state index contributed by atoms with van der Waals surface area (Å²) in [7, 11) is 0. The zero-order valence-electron chi connectivity index (χ0n) is 14.6. The van der Waals surface area contributed by atoms with Gasteiger partial charge in [-0.25, -0.2) is 4.79 Å². The first-order chi connectivity index (χ1) is 13.1. The second-order valence-electron chi connectivity index (χ2n) is 6.03. The largest absolute Gasteiger partial charge is 0.480 e. The van der Waals surface area contributed by atoms with Crippen LogP contribution in [0.2, 0.25) is 0 Å². The van der Waals surface area contributed by atoms with E-state index in [1.807, 2.05) is 36.4 Å². The van der Waals surface area contributed by atoms with Crippen LogP contribution in [0.3, 0.4) is 0 Å². The van der Waals surface area contributed by atoms with Crippen molar-refractivity contribution in [3.63, 3.8) is 0 Å². The molecule has 140 valence electrons. The van der Waals surface area contributed by atoms with Gasteiger partial charge in [-0.1, -0.05) is 36.4 Å². The van der Waals surface area contributed by atoms with Crippen molar-refractivity contribution in [2.45, 2.75) is 25.2 Å². The first-order valence-electron chi connectivity index (χ1n) is 8.56. The van der Waals surface area contributed by atoms with E-state index < -0.39 is 24.0 Å². The number of benzene rings is 1. The number of carboxylic acids is 1. The van der Waals surface area contributed by atoms with Crippen molar-refractivity contribution in [3.05, 3.63) is 72.1 Å². The summed E-state index contributed by atoms with van der Waals surface area (Å²) >= 11 is 0. The molecule has 0 aliphatic carbocycles. The highest BCUT2D eigenvalue weighted by Crippen LogP contribution is 2.24. The van der Waals surface area contributed by atoms with Gasteiger partial charge in [-0.05, 0) is 23.8 Å². The van der Waals surface area contributed by atoms with Crippen LogP contribution < -0.4 is 5.32 Å². The summed E-state index contributed by atoms with van der Waals surface area (Å²) in [6.45, 7) is 0.134. The van der Waals surface area contributed by atoms with Gasteiger partial charge in [0.2, 0.25) is 0 Å². The fraction of sp³-hybridized carbons (Fsp3) is 0.250. The van der Waals surface area contributed by atoms with Gasteiger partial charge in [-0.15, -0.1) is 0 Å². The number of amides is 1. The average molecular weight is 368 g/mol. The van der Waals surface area contributed by atoms with E-state index in [1.54, 1.807) is 24.4 Å². The summed E-state index contributed by atoms with van der Waals surface area (Å²) in [5, 5.41) is 11.8. The number of nitrogens with one attached hydrogen (secondary N) is 1. The van der Waals surface area contributed by atoms with E-state index in [2.05, 4.69) is 10.3 Å². The molecule has 0 radical (unpaired) electrons. The van der Waals surface area contributed by atoms with Crippen LogP contribution in [-0.4, -0.2) is 40.7 Å². The van der Waals surface area contributed by atoms with Crippen molar-refractivity contribution in [1.82, 2.24) is 10.3 Å². The van der Waals surface area contributed by atoms with Crippen molar-refractivity contribution >= 4 is 17.6 Å². The smallest absolute Gasteiger partial charge is 0.328 e. The summed E-state index contributed by atoms with van der Waals surface area (Å²) in [5.41, 5.74) is 1.56. The number of hydrogen-bond acceptors (Lipinski definition) is 5. The Labute approximate surface area is 156 Å². The van der Waals surface area contributed by atoms with Gasteiger partial charge in [0, 0.05) is 12.6 Å². The van der Waals surface area contributed by atoms with Gasteiger partial charge in [0.25, 0.3) is 5.91 Å². The molecule has 0 spiro atoms. The lowest BCUT2D eigenvalue weighted by molar-refractivity contribution is -0.145. The van der Waals surface area contributed by atoms with Crippen molar-refractivity contribution in [3.8, 4) is 0 Å². The molecule has 2 unspecified atom stereocenters. The molecule has 27 heavy (non-hydrogen) atoms. The Morgan fingerprint density at radius 2 is 2.00 bits per heavy atom. The van der Waals surface area contributed by atoms with E-state index in [0.717, 1.165) is 5.56 Å². The van der Waals surface area contributed by atoms with Crippen LogP contribution in [0.5, 0.6) is 0 Å². The van der Waals surface area contributed by atoms with Crippen molar-refractivity contribution in [1.29, 1.82) is 0 Å². The van der Waals surface area contributed by atoms with Gasteiger partial charge >= 0.3 is 5.97 Å². The predicted octanol–water partition coefficient (Wildman–Crippen LogP) is 2.00. The normalized spacial score (nSPS) is 16.9. The Bertz CT molecular complexity index is 808.